The van der Waals surface area contributed by atoms with Crippen molar-refractivity contribution < 1.29 is 19.4 Å². The molecule has 0 aliphatic rings. The summed E-state index contributed by atoms with van der Waals surface area (Å²) in [6, 6.07) is 4.89. The van der Waals surface area contributed by atoms with Crippen molar-refractivity contribution in [3.63, 3.8) is 0 Å². The second-order valence-electron chi connectivity index (χ2n) is 3.32. The van der Waals surface area contributed by atoms with Crippen molar-refractivity contribution in [1.82, 2.24) is 0 Å². The highest BCUT2D eigenvalue weighted by Gasteiger charge is 2.02. The maximum absolute atomic E-state index is 10.8. The number of carboxylic acids is 1. The van der Waals surface area contributed by atoms with Crippen LogP contribution in [0.25, 0.3) is 0 Å². The summed E-state index contributed by atoms with van der Waals surface area (Å²) in [6.45, 7) is 2.72. The average Bonchev–Trinajstić information content (AvgIpc) is 2.18. The number of hydrogen-bond acceptors (Lipinski definition) is 4. The Morgan fingerprint density at radius 2 is 2.12 bits per heavy atom. The summed E-state index contributed by atoms with van der Waals surface area (Å²) >= 11 is 0. The number of aryl methyl sites for hydroxylation is 1. The van der Waals surface area contributed by atoms with Crippen LogP contribution in [0, 0.1) is 6.92 Å². The topological polar surface area (TPSA) is 78.5 Å². The molecule has 0 bridgehead atoms. The molecular formula is C11H12NO4-. The molecule has 5 nitrogen and oxygen atoms in total. The van der Waals surface area contributed by atoms with Gasteiger partial charge in [-0.15, -0.1) is 0 Å². The molecule has 0 aliphatic carbocycles. The molecule has 0 unspecified atom stereocenters. The third kappa shape index (κ3) is 3.61. The van der Waals surface area contributed by atoms with Crippen molar-refractivity contribution >= 4 is 17.6 Å². The highest BCUT2D eigenvalue weighted by atomic mass is 16.5. The highest BCUT2D eigenvalue weighted by Crippen LogP contribution is 2.21. The van der Waals surface area contributed by atoms with E-state index in [0.717, 1.165) is 5.56 Å². The van der Waals surface area contributed by atoms with Crippen LogP contribution in [0.5, 0.6) is 5.75 Å². The lowest BCUT2D eigenvalue weighted by Crippen LogP contribution is -2.28. The van der Waals surface area contributed by atoms with Crippen molar-refractivity contribution in [3.8, 4) is 5.75 Å². The molecule has 1 rings (SSSR count). The van der Waals surface area contributed by atoms with Crippen LogP contribution in [-0.4, -0.2) is 18.5 Å². The minimum absolute atomic E-state index is 0.161. The number of anilines is 1. The molecule has 0 atom stereocenters. The second-order valence-corrected chi connectivity index (χ2v) is 3.32. The molecular weight excluding hydrogens is 210 g/mol. The SMILES string of the molecule is CC(=O)Nc1ccc(OCC(=O)[O-])cc1C. The molecule has 1 aromatic carbocycles. The summed E-state index contributed by atoms with van der Waals surface area (Å²) in [5, 5.41) is 12.8. The number of carboxylic acid groups (broad SMARTS) is 1. The molecule has 0 aromatic heterocycles. The number of rotatable bonds is 4. The van der Waals surface area contributed by atoms with E-state index >= 15 is 0 Å². The Labute approximate surface area is 93.0 Å². The molecule has 0 aliphatic heterocycles. The summed E-state index contributed by atoms with van der Waals surface area (Å²) in [5.74, 6) is -1.01. The number of amides is 1. The van der Waals surface area contributed by atoms with Gasteiger partial charge in [-0.25, -0.2) is 0 Å². The van der Waals surface area contributed by atoms with Crippen molar-refractivity contribution in [2.24, 2.45) is 0 Å². The molecule has 0 heterocycles. The van der Waals surface area contributed by atoms with Gasteiger partial charge in [0.2, 0.25) is 5.91 Å². The number of benzene rings is 1. The van der Waals surface area contributed by atoms with Crippen LogP contribution in [0.4, 0.5) is 5.69 Å². The van der Waals surface area contributed by atoms with E-state index in [1.165, 1.54) is 6.92 Å². The molecule has 0 spiro atoms. The first-order chi connectivity index (χ1) is 7.49. The van der Waals surface area contributed by atoms with Crippen LogP contribution < -0.4 is 15.2 Å². The first-order valence-corrected chi connectivity index (χ1v) is 4.70. The van der Waals surface area contributed by atoms with Gasteiger partial charge in [0.1, 0.15) is 12.4 Å². The Balaban J connectivity index is 2.74. The second kappa shape index (κ2) is 5.16. The van der Waals surface area contributed by atoms with Gasteiger partial charge in [0, 0.05) is 12.6 Å². The predicted octanol–water partition coefficient (Wildman–Crippen LogP) is 0.0821. The van der Waals surface area contributed by atoms with E-state index in [9.17, 15) is 14.7 Å². The first-order valence-electron chi connectivity index (χ1n) is 4.70. The van der Waals surface area contributed by atoms with Gasteiger partial charge in [-0.3, -0.25) is 4.79 Å². The van der Waals surface area contributed by atoms with E-state index < -0.39 is 12.6 Å². The third-order valence-electron chi connectivity index (χ3n) is 1.87. The van der Waals surface area contributed by atoms with Gasteiger partial charge in [-0.2, -0.15) is 0 Å². The van der Waals surface area contributed by atoms with Crippen LogP contribution in [0.15, 0.2) is 18.2 Å². The Morgan fingerprint density at radius 3 is 2.62 bits per heavy atom. The van der Waals surface area contributed by atoms with E-state index in [2.05, 4.69) is 5.32 Å². The van der Waals surface area contributed by atoms with Crippen molar-refractivity contribution in [2.75, 3.05) is 11.9 Å². The van der Waals surface area contributed by atoms with E-state index in [1.807, 2.05) is 0 Å². The molecule has 5 heteroatoms. The molecule has 1 aromatic rings. The molecule has 0 fully saturated rings. The van der Waals surface area contributed by atoms with Crippen molar-refractivity contribution in [3.05, 3.63) is 23.8 Å². The lowest BCUT2D eigenvalue weighted by molar-refractivity contribution is -0.307. The zero-order chi connectivity index (χ0) is 12.1. The summed E-state index contributed by atoms with van der Waals surface area (Å²) in [6.07, 6.45) is 0. The highest BCUT2D eigenvalue weighted by molar-refractivity contribution is 5.89. The molecule has 0 saturated heterocycles. The predicted molar refractivity (Wildman–Crippen MR) is 56.0 cm³/mol. The quantitative estimate of drug-likeness (QED) is 0.782. The molecule has 86 valence electrons. The van der Waals surface area contributed by atoms with E-state index in [4.69, 9.17) is 4.74 Å². The smallest absolute Gasteiger partial charge is 0.221 e. The third-order valence-corrected chi connectivity index (χ3v) is 1.87. The normalized spacial score (nSPS) is 9.62. The van der Waals surface area contributed by atoms with Crippen LogP contribution in [-0.2, 0) is 9.59 Å². The minimum atomic E-state index is -1.27. The molecule has 1 N–H and O–H groups in total. The number of carbonyl (C=O) groups excluding carboxylic acids is 2. The number of ether oxygens (including phenoxy) is 1. The molecule has 1 amide bonds. The molecule has 0 saturated carbocycles. The average molecular weight is 222 g/mol. The van der Waals surface area contributed by atoms with Crippen LogP contribution >= 0.6 is 0 Å². The fourth-order valence-electron chi connectivity index (χ4n) is 1.20. The van der Waals surface area contributed by atoms with Crippen LogP contribution in [0.3, 0.4) is 0 Å². The summed E-state index contributed by atoms with van der Waals surface area (Å²) < 4.78 is 4.93. The van der Waals surface area contributed by atoms with Crippen molar-refractivity contribution in [1.29, 1.82) is 0 Å². The van der Waals surface area contributed by atoms with E-state index in [1.54, 1.807) is 25.1 Å². The Bertz CT molecular complexity index is 414. The van der Waals surface area contributed by atoms with Crippen LogP contribution in [0.2, 0.25) is 0 Å². The van der Waals surface area contributed by atoms with Gasteiger partial charge >= 0.3 is 0 Å². The monoisotopic (exact) mass is 222 g/mol. The minimum Gasteiger partial charge on any atom is -0.546 e. The summed E-state index contributed by atoms with van der Waals surface area (Å²) in [5.41, 5.74) is 1.47. The maximum Gasteiger partial charge on any atom is 0.221 e. The zero-order valence-electron chi connectivity index (χ0n) is 9.07. The number of nitrogens with one attached hydrogen (secondary N) is 1. The largest absolute Gasteiger partial charge is 0.546 e. The molecule has 16 heavy (non-hydrogen) atoms. The van der Waals surface area contributed by atoms with Gasteiger partial charge in [-0.05, 0) is 30.7 Å². The first kappa shape index (κ1) is 12.0. The fourth-order valence-corrected chi connectivity index (χ4v) is 1.20. The summed E-state index contributed by atoms with van der Waals surface area (Å²) in [4.78, 5) is 21.0. The van der Waals surface area contributed by atoms with Gasteiger partial charge in [0.05, 0.1) is 5.97 Å². The number of carbonyl (C=O) groups is 2. The fraction of sp³-hybridized carbons (Fsp3) is 0.273. The van der Waals surface area contributed by atoms with Gasteiger partial charge in [0.25, 0.3) is 0 Å². The number of aliphatic carboxylic acids is 1. The Hall–Kier alpha value is -2.04. The maximum atomic E-state index is 10.8. The molecule has 0 radical (unpaired) electrons. The lowest BCUT2D eigenvalue weighted by Gasteiger charge is -2.10. The van der Waals surface area contributed by atoms with Crippen LogP contribution in [0.1, 0.15) is 12.5 Å². The van der Waals surface area contributed by atoms with Gasteiger partial charge < -0.3 is 20.0 Å². The van der Waals surface area contributed by atoms with Gasteiger partial charge in [-0.1, -0.05) is 0 Å². The van der Waals surface area contributed by atoms with Gasteiger partial charge in [0.15, 0.2) is 0 Å². The summed E-state index contributed by atoms with van der Waals surface area (Å²) in [7, 11) is 0. The standard InChI is InChI=1S/C11H13NO4/c1-7-5-9(16-6-11(14)15)3-4-10(7)12-8(2)13/h3-5H,6H2,1-2H3,(H,12,13)(H,14,15)/p-1. The zero-order valence-corrected chi connectivity index (χ0v) is 9.07. The van der Waals surface area contributed by atoms with E-state index in [0.29, 0.717) is 11.4 Å². The lowest BCUT2D eigenvalue weighted by atomic mass is 10.2. The Morgan fingerprint density at radius 1 is 1.44 bits per heavy atom. The Kier molecular flexibility index (Phi) is 3.88. The van der Waals surface area contributed by atoms with E-state index in [-0.39, 0.29) is 5.91 Å². The van der Waals surface area contributed by atoms with Crippen molar-refractivity contribution in [2.45, 2.75) is 13.8 Å². The number of hydrogen-bond donors (Lipinski definition) is 1.